The van der Waals surface area contributed by atoms with Crippen LogP contribution in [-0.2, 0) is 25.6 Å². The van der Waals surface area contributed by atoms with Gasteiger partial charge in [-0.15, -0.1) is 0 Å². The molecule has 1 aliphatic rings. The Morgan fingerprint density at radius 3 is 1.51 bits per heavy atom. The molecular formula is C25H37N5O8S. The van der Waals surface area contributed by atoms with Gasteiger partial charge in [-0.1, -0.05) is 24.4 Å². The van der Waals surface area contributed by atoms with Crippen molar-refractivity contribution in [2.75, 3.05) is 77.3 Å². The van der Waals surface area contributed by atoms with E-state index in [9.17, 15) is 39.6 Å². The number of rotatable bonds is 13. The summed E-state index contributed by atoms with van der Waals surface area (Å²) in [6.07, 6.45) is 0.798. The number of thiocarbonyl (C=S) groups is 1. The second kappa shape index (κ2) is 16.7. The summed E-state index contributed by atoms with van der Waals surface area (Å²) in [7, 11) is 0. The van der Waals surface area contributed by atoms with Gasteiger partial charge >= 0.3 is 23.9 Å². The molecule has 2 rings (SSSR count). The molecule has 1 aromatic rings. The van der Waals surface area contributed by atoms with Crippen LogP contribution < -0.4 is 5.32 Å². The van der Waals surface area contributed by atoms with Gasteiger partial charge in [-0.3, -0.25) is 38.8 Å². The molecule has 1 fully saturated rings. The summed E-state index contributed by atoms with van der Waals surface area (Å²) < 4.78 is 0. The zero-order chi connectivity index (χ0) is 28.8. The summed E-state index contributed by atoms with van der Waals surface area (Å²) in [5.74, 6) is -4.11. The minimum Gasteiger partial charge on any atom is -0.480 e. The van der Waals surface area contributed by atoms with Gasteiger partial charge in [-0.25, -0.2) is 0 Å². The first-order valence-corrected chi connectivity index (χ1v) is 13.1. The Balaban J connectivity index is 2.22. The third kappa shape index (κ3) is 12.5. The highest BCUT2D eigenvalue weighted by Crippen LogP contribution is 2.15. The van der Waals surface area contributed by atoms with E-state index < -0.39 is 29.9 Å². The summed E-state index contributed by atoms with van der Waals surface area (Å²) in [5, 5.41) is 41.0. The number of nitrogens with zero attached hydrogens (tertiary/aromatic N) is 4. The number of nitrogens with one attached hydrogen (secondary N) is 1. The van der Waals surface area contributed by atoms with Crippen molar-refractivity contribution in [3.8, 4) is 0 Å². The van der Waals surface area contributed by atoms with Crippen molar-refractivity contribution >= 4 is 47.3 Å². The van der Waals surface area contributed by atoms with E-state index >= 15 is 0 Å². The molecule has 39 heavy (non-hydrogen) atoms. The molecule has 216 valence electrons. The SMILES string of the molecule is O=C(O)CN1CCN(CC(=O)O)CCN(C(CCc2ccc(NC=S)cc2)C(=O)O)CCN(CC(=O)O)CC1. The van der Waals surface area contributed by atoms with Gasteiger partial charge in [0.1, 0.15) is 6.04 Å². The quantitative estimate of drug-likeness (QED) is 0.200. The van der Waals surface area contributed by atoms with Gasteiger partial charge in [0.05, 0.1) is 25.1 Å². The minimum absolute atomic E-state index is 0.252. The monoisotopic (exact) mass is 567 g/mol. The van der Waals surface area contributed by atoms with E-state index in [0.717, 1.165) is 11.3 Å². The van der Waals surface area contributed by atoms with Crippen LogP contribution in [0.2, 0.25) is 0 Å². The maximum absolute atomic E-state index is 12.4. The van der Waals surface area contributed by atoms with E-state index in [-0.39, 0.29) is 72.0 Å². The Bertz CT molecular complexity index is 948. The number of aliphatic carboxylic acids is 4. The fourth-order valence-corrected chi connectivity index (χ4v) is 4.65. The van der Waals surface area contributed by atoms with E-state index in [1.807, 2.05) is 24.3 Å². The third-order valence-electron chi connectivity index (χ3n) is 6.56. The molecule has 1 atom stereocenters. The van der Waals surface area contributed by atoms with Crippen LogP contribution in [0.5, 0.6) is 0 Å². The lowest BCUT2D eigenvalue weighted by molar-refractivity contribution is -0.145. The number of aryl methyl sites for hydroxylation is 1. The van der Waals surface area contributed by atoms with Crippen molar-refractivity contribution in [2.45, 2.75) is 18.9 Å². The van der Waals surface area contributed by atoms with Crippen LogP contribution in [0.15, 0.2) is 24.3 Å². The van der Waals surface area contributed by atoms with Gasteiger partial charge in [-0.2, -0.15) is 0 Å². The van der Waals surface area contributed by atoms with Crippen LogP contribution in [0.3, 0.4) is 0 Å². The van der Waals surface area contributed by atoms with Crippen LogP contribution in [0.25, 0.3) is 0 Å². The van der Waals surface area contributed by atoms with Crippen molar-refractivity contribution in [2.24, 2.45) is 0 Å². The molecule has 0 radical (unpaired) electrons. The van der Waals surface area contributed by atoms with Gasteiger partial charge in [-0.05, 0) is 30.5 Å². The van der Waals surface area contributed by atoms with E-state index in [1.54, 1.807) is 19.6 Å². The highest BCUT2D eigenvalue weighted by atomic mass is 32.1. The molecule has 5 N–H and O–H groups in total. The van der Waals surface area contributed by atoms with E-state index in [1.165, 1.54) is 5.49 Å². The number of carboxylic acids is 4. The predicted octanol–water partition coefficient (Wildman–Crippen LogP) is -0.0831. The Hall–Kier alpha value is -3.17. The Morgan fingerprint density at radius 2 is 1.15 bits per heavy atom. The largest absolute Gasteiger partial charge is 0.480 e. The topological polar surface area (TPSA) is 174 Å². The molecule has 1 aliphatic heterocycles. The van der Waals surface area contributed by atoms with Crippen molar-refractivity contribution in [1.29, 1.82) is 0 Å². The Kier molecular flexibility index (Phi) is 13.7. The molecule has 0 amide bonds. The zero-order valence-corrected chi connectivity index (χ0v) is 22.6. The van der Waals surface area contributed by atoms with Crippen molar-refractivity contribution in [3.63, 3.8) is 0 Å². The van der Waals surface area contributed by atoms with Crippen molar-refractivity contribution in [1.82, 2.24) is 19.6 Å². The maximum Gasteiger partial charge on any atom is 0.320 e. The molecular weight excluding hydrogens is 530 g/mol. The highest BCUT2D eigenvalue weighted by molar-refractivity contribution is 7.79. The molecule has 1 heterocycles. The maximum atomic E-state index is 12.4. The Labute approximate surface area is 232 Å². The van der Waals surface area contributed by atoms with Gasteiger partial charge in [0.15, 0.2) is 0 Å². The first kappa shape index (κ1) is 32.0. The van der Waals surface area contributed by atoms with E-state index in [4.69, 9.17) is 12.2 Å². The zero-order valence-electron chi connectivity index (χ0n) is 21.8. The first-order chi connectivity index (χ1) is 18.6. The van der Waals surface area contributed by atoms with Crippen LogP contribution in [-0.4, -0.2) is 147 Å². The van der Waals surface area contributed by atoms with Crippen LogP contribution >= 0.6 is 12.2 Å². The summed E-state index contributed by atoms with van der Waals surface area (Å²) >= 11 is 4.79. The molecule has 0 spiro atoms. The van der Waals surface area contributed by atoms with Gasteiger partial charge in [0.25, 0.3) is 0 Å². The normalized spacial score (nSPS) is 17.8. The van der Waals surface area contributed by atoms with Gasteiger partial charge in [0, 0.05) is 58.0 Å². The summed E-state index contributed by atoms with van der Waals surface area (Å²) in [6.45, 7) is 1.33. The molecule has 0 aromatic heterocycles. The molecule has 1 saturated heterocycles. The van der Waals surface area contributed by atoms with E-state index in [0.29, 0.717) is 12.8 Å². The average Bonchev–Trinajstić information content (AvgIpc) is 2.85. The number of benzene rings is 1. The number of hydrogen-bond donors (Lipinski definition) is 5. The smallest absolute Gasteiger partial charge is 0.320 e. The summed E-state index contributed by atoms with van der Waals surface area (Å²) in [5.41, 5.74) is 3.17. The molecule has 0 bridgehead atoms. The van der Waals surface area contributed by atoms with Crippen LogP contribution in [0.4, 0.5) is 5.69 Å². The van der Waals surface area contributed by atoms with E-state index in [2.05, 4.69) is 5.32 Å². The molecule has 13 nitrogen and oxygen atoms in total. The van der Waals surface area contributed by atoms with Crippen molar-refractivity contribution < 1.29 is 39.6 Å². The number of hydrogen-bond acceptors (Lipinski definition) is 9. The second-order valence-electron chi connectivity index (χ2n) is 9.40. The molecule has 1 aromatic carbocycles. The number of carbonyl (C=O) groups is 4. The number of anilines is 1. The standard InChI is InChI=1S/C25H37N5O8S/c31-22(32)15-27-7-9-28(16-23(33)34)11-13-30(14-12-29(10-8-27)17-24(35)36)21(25(37)38)6-3-19-1-4-20(5-2-19)26-18-39/h1-2,4-5,18,21H,3,6-17H2,(H,26,39)(H,31,32)(H,33,34)(H,35,36)(H,37,38). The Morgan fingerprint density at radius 1 is 0.744 bits per heavy atom. The van der Waals surface area contributed by atoms with Crippen molar-refractivity contribution in [3.05, 3.63) is 29.8 Å². The lowest BCUT2D eigenvalue weighted by Crippen LogP contribution is -2.51. The molecule has 14 heteroatoms. The average molecular weight is 568 g/mol. The summed E-state index contributed by atoms with van der Waals surface area (Å²) in [4.78, 5) is 53.4. The minimum atomic E-state index is -1.03. The fraction of sp³-hybridized carbons (Fsp3) is 0.560. The van der Waals surface area contributed by atoms with Crippen LogP contribution in [0.1, 0.15) is 12.0 Å². The molecule has 1 unspecified atom stereocenters. The first-order valence-electron chi connectivity index (χ1n) is 12.7. The lowest BCUT2D eigenvalue weighted by atomic mass is 10.0. The molecule has 0 aliphatic carbocycles. The van der Waals surface area contributed by atoms with Crippen LogP contribution in [0, 0.1) is 0 Å². The van der Waals surface area contributed by atoms with Gasteiger partial charge in [0.2, 0.25) is 0 Å². The molecule has 0 saturated carbocycles. The second-order valence-corrected chi connectivity index (χ2v) is 9.63. The number of carboxylic acid groups (broad SMARTS) is 4. The van der Waals surface area contributed by atoms with Gasteiger partial charge < -0.3 is 25.7 Å². The predicted molar refractivity (Wildman–Crippen MR) is 147 cm³/mol. The fourth-order valence-electron chi connectivity index (χ4n) is 4.51. The third-order valence-corrected chi connectivity index (χ3v) is 6.68. The highest BCUT2D eigenvalue weighted by Gasteiger charge is 2.28. The lowest BCUT2D eigenvalue weighted by Gasteiger charge is -2.35. The summed E-state index contributed by atoms with van der Waals surface area (Å²) in [6, 6.07) is 6.62.